The summed E-state index contributed by atoms with van der Waals surface area (Å²) in [5.74, 6) is -0.132. The maximum atomic E-state index is 12.4. The van der Waals surface area contributed by atoms with Crippen molar-refractivity contribution in [1.82, 2.24) is 0 Å². The predicted molar refractivity (Wildman–Crippen MR) is 130 cm³/mol. The molecular weight excluding hydrogens is 404 g/mol. The molecule has 1 rings (SSSR count). The summed E-state index contributed by atoms with van der Waals surface area (Å²) in [6.07, 6.45) is 16.5. The Kier molecular flexibility index (Phi) is 13.9. The summed E-state index contributed by atoms with van der Waals surface area (Å²) < 4.78 is 11.2. The third-order valence-electron chi connectivity index (χ3n) is 5.46. The fraction of sp³-hybridized carbons (Fsp3) is 0.593. The van der Waals surface area contributed by atoms with Gasteiger partial charge in [-0.05, 0) is 57.6 Å². The van der Waals surface area contributed by atoms with E-state index in [0.29, 0.717) is 18.8 Å². The number of cyclic esters (lactones) is 1. The van der Waals surface area contributed by atoms with Gasteiger partial charge in [-0.2, -0.15) is 0 Å². The number of ether oxygens (including phenoxy) is 2. The van der Waals surface area contributed by atoms with E-state index >= 15 is 0 Å². The largest absolute Gasteiger partial charge is 0.458 e. The molecule has 0 aromatic heterocycles. The zero-order valence-corrected chi connectivity index (χ0v) is 20.4. The molecule has 180 valence electrons. The first kappa shape index (κ1) is 28.1. The first-order valence-corrected chi connectivity index (χ1v) is 11.6. The molecule has 1 aliphatic heterocycles. The molecule has 0 unspecified atom stereocenters. The van der Waals surface area contributed by atoms with Gasteiger partial charge in [0.25, 0.3) is 0 Å². The number of carbonyl (C=O) groups excluding carboxylic acids is 1. The van der Waals surface area contributed by atoms with Crippen molar-refractivity contribution in [2.24, 2.45) is 5.92 Å². The third kappa shape index (κ3) is 12.2. The van der Waals surface area contributed by atoms with Gasteiger partial charge in [-0.25, -0.2) is 0 Å². The van der Waals surface area contributed by atoms with Gasteiger partial charge in [0.1, 0.15) is 6.10 Å². The first-order valence-electron chi connectivity index (χ1n) is 11.6. The topological polar surface area (TPSA) is 76.0 Å². The monoisotopic (exact) mass is 446 g/mol. The van der Waals surface area contributed by atoms with Gasteiger partial charge in [-0.1, -0.05) is 55.0 Å². The van der Waals surface area contributed by atoms with E-state index in [1.165, 1.54) is 0 Å². The Morgan fingerprint density at radius 2 is 1.88 bits per heavy atom. The average molecular weight is 447 g/mol. The molecule has 0 amide bonds. The van der Waals surface area contributed by atoms with Crippen LogP contribution in [0.15, 0.2) is 59.8 Å². The molecule has 0 saturated carbocycles. The predicted octanol–water partition coefficient (Wildman–Crippen LogP) is 5.21. The van der Waals surface area contributed by atoms with Crippen LogP contribution in [0.3, 0.4) is 0 Å². The number of aliphatic hydroxyl groups excluding tert-OH is 2. The summed E-state index contributed by atoms with van der Waals surface area (Å²) in [6.45, 7) is 8.13. The van der Waals surface area contributed by atoms with Crippen LogP contribution in [0.2, 0.25) is 0 Å². The summed E-state index contributed by atoms with van der Waals surface area (Å²) in [7, 11) is 1.62. The van der Waals surface area contributed by atoms with Crippen molar-refractivity contribution < 1.29 is 24.5 Å². The number of rotatable bonds is 4. The van der Waals surface area contributed by atoms with Crippen molar-refractivity contribution in [3.63, 3.8) is 0 Å². The molecule has 5 heteroatoms. The van der Waals surface area contributed by atoms with E-state index in [9.17, 15) is 15.0 Å². The molecule has 0 aliphatic carbocycles. The summed E-state index contributed by atoms with van der Waals surface area (Å²) >= 11 is 0. The van der Waals surface area contributed by atoms with Gasteiger partial charge in [0.2, 0.25) is 0 Å². The number of allylic oxidation sites excluding steroid dienone is 7. The number of hydrogen-bond donors (Lipinski definition) is 2. The molecule has 0 fully saturated rings. The van der Waals surface area contributed by atoms with Crippen LogP contribution in [-0.4, -0.2) is 47.7 Å². The fourth-order valence-electron chi connectivity index (χ4n) is 3.74. The Morgan fingerprint density at radius 3 is 2.53 bits per heavy atom. The quantitative estimate of drug-likeness (QED) is 0.458. The van der Waals surface area contributed by atoms with Crippen LogP contribution in [-0.2, 0) is 14.3 Å². The lowest BCUT2D eigenvalue weighted by molar-refractivity contribution is -0.149. The van der Waals surface area contributed by atoms with Crippen LogP contribution >= 0.6 is 0 Å². The van der Waals surface area contributed by atoms with Crippen molar-refractivity contribution >= 4 is 5.97 Å². The van der Waals surface area contributed by atoms with Crippen LogP contribution in [0.1, 0.15) is 66.2 Å². The van der Waals surface area contributed by atoms with Gasteiger partial charge in [0, 0.05) is 20.0 Å². The molecule has 0 radical (unpaired) electrons. The van der Waals surface area contributed by atoms with Crippen molar-refractivity contribution in [2.45, 2.75) is 90.6 Å². The van der Waals surface area contributed by atoms with E-state index in [1.807, 2.05) is 51.2 Å². The van der Waals surface area contributed by atoms with Gasteiger partial charge >= 0.3 is 5.97 Å². The minimum Gasteiger partial charge on any atom is -0.458 e. The maximum absolute atomic E-state index is 12.4. The van der Waals surface area contributed by atoms with E-state index in [0.717, 1.165) is 24.0 Å². The molecule has 0 aromatic carbocycles. The van der Waals surface area contributed by atoms with E-state index in [-0.39, 0.29) is 18.9 Å². The molecule has 1 heterocycles. The van der Waals surface area contributed by atoms with E-state index in [4.69, 9.17) is 9.47 Å². The van der Waals surface area contributed by atoms with Crippen LogP contribution in [0, 0.1) is 5.92 Å². The highest BCUT2D eigenvalue weighted by Gasteiger charge is 2.22. The number of esters is 1. The molecule has 0 spiro atoms. The molecule has 0 saturated heterocycles. The molecular formula is C27H42O5. The van der Waals surface area contributed by atoms with Crippen LogP contribution in [0.5, 0.6) is 0 Å². The third-order valence-corrected chi connectivity index (χ3v) is 5.46. The van der Waals surface area contributed by atoms with E-state index in [1.54, 1.807) is 7.11 Å². The van der Waals surface area contributed by atoms with Gasteiger partial charge in [-0.3, -0.25) is 4.79 Å². The molecule has 0 bridgehead atoms. The zero-order chi connectivity index (χ0) is 23.9. The minimum absolute atomic E-state index is 0.0985. The minimum atomic E-state index is -0.968. The Hall–Kier alpha value is -1.95. The molecule has 2 N–H and O–H groups in total. The van der Waals surface area contributed by atoms with Crippen molar-refractivity contribution in [2.75, 3.05) is 7.11 Å². The highest BCUT2D eigenvalue weighted by molar-refractivity contribution is 5.70. The highest BCUT2D eigenvalue weighted by atomic mass is 16.5. The first-order chi connectivity index (χ1) is 15.2. The lowest BCUT2D eigenvalue weighted by Crippen LogP contribution is -2.27. The van der Waals surface area contributed by atoms with Crippen LogP contribution in [0.25, 0.3) is 0 Å². The van der Waals surface area contributed by atoms with Crippen molar-refractivity contribution in [3.05, 3.63) is 59.8 Å². The molecule has 5 nitrogen and oxygen atoms in total. The normalized spacial score (nSPS) is 33.6. The Balaban J connectivity index is 3.02. The number of methoxy groups -OCH3 is 1. The van der Waals surface area contributed by atoms with Crippen molar-refractivity contribution in [3.8, 4) is 0 Å². The second kappa shape index (κ2) is 15.8. The Morgan fingerprint density at radius 1 is 1.19 bits per heavy atom. The zero-order valence-electron chi connectivity index (χ0n) is 20.4. The van der Waals surface area contributed by atoms with Gasteiger partial charge in [0.05, 0.1) is 24.7 Å². The summed E-state index contributed by atoms with van der Waals surface area (Å²) in [5, 5.41) is 20.8. The number of aliphatic hydroxyl groups is 2. The maximum Gasteiger partial charge on any atom is 0.309 e. The lowest BCUT2D eigenvalue weighted by atomic mass is 9.96. The molecule has 5 atom stereocenters. The fourth-order valence-corrected chi connectivity index (χ4v) is 3.74. The van der Waals surface area contributed by atoms with Gasteiger partial charge in [0.15, 0.2) is 0 Å². The summed E-state index contributed by atoms with van der Waals surface area (Å²) in [5.41, 5.74) is 2.17. The summed E-state index contributed by atoms with van der Waals surface area (Å²) in [4.78, 5) is 12.4. The van der Waals surface area contributed by atoms with E-state index < -0.39 is 24.3 Å². The second-order valence-electron chi connectivity index (χ2n) is 8.74. The van der Waals surface area contributed by atoms with Gasteiger partial charge < -0.3 is 19.7 Å². The van der Waals surface area contributed by atoms with Crippen LogP contribution in [0.4, 0.5) is 0 Å². The van der Waals surface area contributed by atoms with Crippen molar-refractivity contribution in [1.29, 1.82) is 0 Å². The second-order valence-corrected chi connectivity index (χ2v) is 8.74. The SMILES string of the molecule is C/C=C/C/C(C)=C\[C@H]1C/C=C/C=C/C[C@H](C)/C=C(\C)[C@@H](OC)C[C@@H](O)C[C@H](O)CC(=O)O1. The standard InChI is InChI=1S/C27H42O5/c1-6-7-12-21(3)16-25-14-11-9-8-10-13-20(2)15-22(4)26(31-5)18-23(28)17-24(29)19-27(30)32-25/h6-11,15-16,20,23-26,28-29H,12-14,17-19H2,1-5H3/b7-6+,10-8+,11-9+,21-16-,22-15+/t20-,23-,24-,25+,26-/m0/s1. The number of hydrogen-bond acceptors (Lipinski definition) is 5. The Labute approximate surface area is 194 Å². The van der Waals surface area contributed by atoms with Gasteiger partial charge in [-0.15, -0.1) is 0 Å². The number of carbonyl (C=O) groups is 1. The molecule has 32 heavy (non-hydrogen) atoms. The van der Waals surface area contributed by atoms with Crippen LogP contribution < -0.4 is 0 Å². The average Bonchev–Trinajstić information content (AvgIpc) is 2.71. The molecule has 0 aromatic rings. The highest BCUT2D eigenvalue weighted by Crippen LogP contribution is 2.20. The smallest absolute Gasteiger partial charge is 0.309 e. The molecule has 1 aliphatic rings. The summed E-state index contributed by atoms with van der Waals surface area (Å²) in [6, 6.07) is 0. The lowest BCUT2D eigenvalue weighted by Gasteiger charge is -2.23. The van der Waals surface area contributed by atoms with E-state index in [2.05, 4.69) is 25.2 Å². The Bertz CT molecular complexity index is 701.